The Morgan fingerprint density at radius 1 is 1.38 bits per heavy atom. The molecule has 2 aliphatic rings. The molecule has 3 heteroatoms. The molecule has 2 unspecified atom stereocenters. The Bertz CT molecular complexity index is 500. The van der Waals surface area contributed by atoms with E-state index in [1.807, 2.05) is 13.0 Å². The van der Waals surface area contributed by atoms with Gasteiger partial charge in [0.2, 0.25) is 0 Å². The molecule has 1 aromatic rings. The minimum Gasteiger partial charge on any atom is -0.377 e. The molecule has 2 nitrogen and oxygen atoms in total. The normalized spacial score (nSPS) is 29.0. The number of hydrogen-bond acceptors (Lipinski definition) is 2. The van der Waals surface area contributed by atoms with Gasteiger partial charge in [-0.2, -0.15) is 0 Å². The number of rotatable bonds is 6. The van der Waals surface area contributed by atoms with Crippen molar-refractivity contribution in [2.24, 2.45) is 11.3 Å². The second-order valence-corrected chi connectivity index (χ2v) is 6.77. The Kier molecular flexibility index (Phi) is 4.32. The third kappa shape index (κ3) is 3.14. The van der Waals surface area contributed by atoms with Crippen LogP contribution >= 0.6 is 0 Å². The SMILES string of the molecule is CCNCC1(Cc2ccc(F)cc2C)CCOC1C1CC1. The summed E-state index contributed by atoms with van der Waals surface area (Å²) < 4.78 is 19.4. The van der Waals surface area contributed by atoms with Gasteiger partial charge in [-0.15, -0.1) is 0 Å². The number of ether oxygens (including phenoxy) is 1. The molecule has 0 bridgehead atoms. The second kappa shape index (κ2) is 6.05. The zero-order chi connectivity index (χ0) is 14.9. The summed E-state index contributed by atoms with van der Waals surface area (Å²) in [6.07, 6.45) is 5.09. The number of aryl methyl sites for hydroxylation is 1. The van der Waals surface area contributed by atoms with Crippen molar-refractivity contribution < 1.29 is 9.13 Å². The monoisotopic (exact) mass is 291 g/mol. The largest absolute Gasteiger partial charge is 0.377 e. The van der Waals surface area contributed by atoms with Crippen LogP contribution in [0.15, 0.2) is 18.2 Å². The highest BCUT2D eigenvalue weighted by molar-refractivity contribution is 5.28. The zero-order valence-corrected chi connectivity index (χ0v) is 13.1. The minimum atomic E-state index is -0.140. The fourth-order valence-corrected chi connectivity index (χ4v) is 3.79. The second-order valence-electron chi connectivity index (χ2n) is 6.77. The van der Waals surface area contributed by atoms with Crippen molar-refractivity contribution in [2.75, 3.05) is 19.7 Å². The van der Waals surface area contributed by atoms with E-state index < -0.39 is 0 Å². The first kappa shape index (κ1) is 15.0. The molecule has 1 saturated heterocycles. The Balaban J connectivity index is 1.84. The van der Waals surface area contributed by atoms with Crippen molar-refractivity contribution in [1.29, 1.82) is 0 Å². The molecular formula is C18H26FNO. The highest BCUT2D eigenvalue weighted by Crippen LogP contribution is 2.49. The summed E-state index contributed by atoms with van der Waals surface area (Å²) in [5, 5.41) is 3.54. The molecule has 1 saturated carbocycles. The predicted molar refractivity (Wildman–Crippen MR) is 82.9 cm³/mol. The molecule has 1 N–H and O–H groups in total. The summed E-state index contributed by atoms with van der Waals surface area (Å²) in [6.45, 7) is 7.02. The molecule has 0 aromatic heterocycles. The molecule has 0 spiro atoms. The van der Waals surface area contributed by atoms with Crippen molar-refractivity contribution in [1.82, 2.24) is 5.32 Å². The zero-order valence-electron chi connectivity index (χ0n) is 13.1. The van der Waals surface area contributed by atoms with Gasteiger partial charge in [-0.05, 0) is 68.3 Å². The van der Waals surface area contributed by atoms with E-state index in [0.29, 0.717) is 6.10 Å². The lowest BCUT2D eigenvalue weighted by Gasteiger charge is -2.35. The van der Waals surface area contributed by atoms with E-state index in [1.165, 1.54) is 18.4 Å². The van der Waals surface area contributed by atoms with E-state index >= 15 is 0 Å². The van der Waals surface area contributed by atoms with Gasteiger partial charge in [0, 0.05) is 18.6 Å². The molecule has 1 aliphatic heterocycles. The topological polar surface area (TPSA) is 21.3 Å². The van der Waals surface area contributed by atoms with Crippen molar-refractivity contribution >= 4 is 0 Å². The number of halogens is 1. The first-order valence-corrected chi connectivity index (χ1v) is 8.22. The Hall–Kier alpha value is -0.930. The van der Waals surface area contributed by atoms with E-state index in [4.69, 9.17) is 4.74 Å². The summed E-state index contributed by atoms with van der Waals surface area (Å²) in [5.41, 5.74) is 2.51. The average molecular weight is 291 g/mol. The van der Waals surface area contributed by atoms with Crippen LogP contribution in [0.4, 0.5) is 4.39 Å². The van der Waals surface area contributed by atoms with Crippen LogP contribution < -0.4 is 5.32 Å². The van der Waals surface area contributed by atoms with Crippen molar-refractivity contribution in [3.05, 3.63) is 35.1 Å². The van der Waals surface area contributed by atoms with E-state index in [-0.39, 0.29) is 11.2 Å². The molecule has 3 rings (SSSR count). The number of benzene rings is 1. The predicted octanol–water partition coefficient (Wildman–Crippen LogP) is 3.47. The first-order chi connectivity index (χ1) is 10.1. The van der Waals surface area contributed by atoms with E-state index in [0.717, 1.165) is 44.0 Å². The molecule has 116 valence electrons. The molecular weight excluding hydrogens is 265 g/mol. The number of hydrogen-bond donors (Lipinski definition) is 1. The quantitative estimate of drug-likeness (QED) is 0.866. The molecule has 1 heterocycles. The van der Waals surface area contributed by atoms with Crippen molar-refractivity contribution in [2.45, 2.75) is 45.6 Å². The molecule has 2 fully saturated rings. The summed E-state index contributed by atoms with van der Waals surface area (Å²) in [5.74, 6) is 0.602. The fraction of sp³-hybridized carbons (Fsp3) is 0.667. The standard InChI is InChI=1S/C18H26FNO/c1-3-20-12-18(8-9-21-17(18)14-4-5-14)11-15-6-7-16(19)10-13(15)2/h6-7,10,14,17,20H,3-5,8-9,11-12H2,1-2H3. The van der Waals surface area contributed by atoms with Gasteiger partial charge >= 0.3 is 0 Å². The summed E-state index contributed by atoms with van der Waals surface area (Å²) in [4.78, 5) is 0. The van der Waals surface area contributed by atoms with Crippen LogP contribution in [-0.2, 0) is 11.2 Å². The van der Waals surface area contributed by atoms with Crippen LogP contribution in [0.3, 0.4) is 0 Å². The maximum Gasteiger partial charge on any atom is 0.123 e. The third-order valence-corrected chi connectivity index (χ3v) is 5.13. The van der Waals surface area contributed by atoms with Gasteiger partial charge in [0.15, 0.2) is 0 Å². The van der Waals surface area contributed by atoms with Gasteiger partial charge in [0.25, 0.3) is 0 Å². The summed E-state index contributed by atoms with van der Waals surface area (Å²) >= 11 is 0. The molecule has 21 heavy (non-hydrogen) atoms. The fourth-order valence-electron chi connectivity index (χ4n) is 3.79. The van der Waals surface area contributed by atoms with Crippen LogP contribution in [0.1, 0.15) is 37.3 Å². The highest BCUT2D eigenvalue weighted by atomic mass is 19.1. The van der Waals surface area contributed by atoms with Gasteiger partial charge in [-0.25, -0.2) is 4.39 Å². The van der Waals surface area contributed by atoms with Crippen molar-refractivity contribution in [3.63, 3.8) is 0 Å². The van der Waals surface area contributed by atoms with E-state index in [1.54, 1.807) is 12.1 Å². The van der Waals surface area contributed by atoms with Gasteiger partial charge < -0.3 is 10.1 Å². The molecule has 0 amide bonds. The van der Waals surface area contributed by atoms with Crippen LogP contribution in [0, 0.1) is 24.1 Å². The lowest BCUT2D eigenvalue weighted by Crippen LogP contribution is -2.43. The lowest BCUT2D eigenvalue weighted by molar-refractivity contribution is 0.0308. The first-order valence-electron chi connectivity index (χ1n) is 8.22. The Morgan fingerprint density at radius 3 is 2.86 bits per heavy atom. The van der Waals surface area contributed by atoms with E-state index in [2.05, 4.69) is 12.2 Å². The smallest absolute Gasteiger partial charge is 0.123 e. The Morgan fingerprint density at radius 2 is 2.19 bits per heavy atom. The summed E-state index contributed by atoms with van der Waals surface area (Å²) in [6, 6.07) is 5.20. The van der Waals surface area contributed by atoms with E-state index in [9.17, 15) is 4.39 Å². The van der Waals surface area contributed by atoms with Gasteiger partial charge in [-0.1, -0.05) is 13.0 Å². The van der Waals surface area contributed by atoms with Crippen molar-refractivity contribution in [3.8, 4) is 0 Å². The maximum atomic E-state index is 13.3. The maximum absolute atomic E-state index is 13.3. The molecule has 1 aromatic carbocycles. The van der Waals surface area contributed by atoms with Gasteiger partial charge in [-0.3, -0.25) is 0 Å². The van der Waals surface area contributed by atoms with Gasteiger partial charge in [0.1, 0.15) is 5.82 Å². The lowest BCUT2D eigenvalue weighted by atomic mass is 9.73. The number of nitrogens with one attached hydrogen (secondary N) is 1. The third-order valence-electron chi connectivity index (χ3n) is 5.13. The van der Waals surface area contributed by atoms with Crippen LogP contribution in [0.25, 0.3) is 0 Å². The summed E-state index contributed by atoms with van der Waals surface area (Å²) in [7, 11) is 0. The minimum absolute atomic E-state index is 0.140. The average Bonchev–Trinajstić information content (AvgIpc) is 3.22. The molecule has 2 atom stereocenters. The highest BCUT2D eigenvalue weighted by Gasteiger charge is 2.50. The molecule has 1 aliphatic carbocycles. The van der Waals surface area contributed by atoms with Crippen LogP contribution in [-0.4, -0.2) is 25.8 Å². The van der Waals surface area contributed by atoms with Gasteiger partial charge in [0.05, 0.1) is 6.10 Å². The van der Waals surface area contributed by atoms with Crippen LogP contribution in [0.5, 0.6) is 0 Å². The Labute approximate surface area is 127 Å². The van der Waals surface area contributed by atoms with Crippen LogP contribution in [0.2, 0.25) is 0 Å². The molecule has 0 radical (unpaired) electrons.